The minimum Gasteiger partial charge on any atom is -0.392 e. The first-order valence-corrected chi connectivity index (χ1v) is 6.70. The normalized spacial score (nSPS) is 14.1. The van der Waals surface area contributed by atoms with Crippen LogP contribution in [0.4, 0.5) is 0 Å². The Bertz CT molecular complexity index is 508. The first-order valence-electron chi connectivity index (χ1n) is 6.70. The molecular formula is C17H21NO. The Morgan fingerprint density at radius 2 is 1.63 bits per heavy atom. The summed E-state index contributed by atoms with van der Waals surface area (Å²) in [5, 5.41) is 12.9. The van der Waals surface area contributed by atoms with Crippen molar-refractivity contribution in [3.63, 3.8) is 0 Å². The molecule has 100 valence electrons. The van der Waals surface area contributed by atoms with E-state index in [2.05, 4.69) is 48.6 Å². The number of aliphatic hydroxyl groups is 1. The molecule has 0 radical (unpaired) electrons. The molecule has 0 spiro atoms. The SMILES string of the molecule is Cc1ccccc1C(NCC(C)O)c1ccccc1. The van der Waals surface area contributed by atoms with Crippen molar-refractivity contribution >= 4 is 0 Å². The van der Waals surface area contributed by atoms with Crippen molar-refractivity contribution in [3.8, 4) is 0 Å². The molecule has 2 aromatic carbocycles. The van der Waals surface area contributed by atoms with Gasteiger partial charge in [0.25, 0.3) is 0 Å². The molecule has 0 fully saturated rings. The van der Waals surface area contributed by atoms with Crippen LogP contribution < -0.4 is 5.32 Å². The van der Waals surface area contributed by atoms with Gasteiger partial charge in [0.05, 0.1) is 12.1 Å². The van der Waals surface area contributed by atoms with Gasteiger partial charge in [0, 0.05) is 6.54 Å². The first-order chi connectivity index (χ1) is 9.18. The van der Waals surface area contributed by atoms with Gasteiger partial charge in [-0.3, -0.25) is 0 Å². The lowest BCUT2D eigenvalue weighted by molar-refractivity contribution is 0.188. The Balaban J connectivity index is 2.32. The fourth-order valence-electron chi connectivity index (χ4n) is 2.25. The highest BCUT2D eigenvalue weighted by atomic mass is 16.3. The fraction of sp³-hybridized carbons (Fsp3) is 0.294. The third-order valence-electron chi connectivity index (χ3n) is 3.25. The van der Waals surface area contributed by atoms with Gasteiger partial charge >= 0.3 is 0 Å². The Labute approximate surface area is 115 Å². The zero-order valence-corrected chi connectivity index (χ0v) is 11.5. The molecule has 0 bridgehead atoms. The molecule has 0 heterocycles. The summed E-state index contributed by atoms with van der Waals surface area (Å²) < 4.78 is 0. The predicted octanol–water partition coefficient (Wildman–Crippen LogP) is 3.05. The number of aryl methyl sites for hydroxylation is 1. The van der Waals surface area contributed by atoms with Crippen molar-refractivity contribution < 1.29 is 5.11 Å². The van der Waals surface area contributed by atoms with E-state index in [0.717, 1.165) is 0 Å². The molecule has 0 saturated carbocycles. The molecule has 2 atom stereocenters. The molecule has 0 aliphatic heterocycles. The largest absolute Gasteiger partial charge is 0.392 e. The van der Waals surface area contributed by atoms with Crippen LogP contribution in [0.1, 0.15) is 29.7 Å². The minimum atomic E-state index is -0.352. The van der Waals surface area contributed by atoms with Crippen molar-refractivity contribution in [3.05, 3.63) is 71.3 Å². The zero-order chi connectivity index (χ0) is 13.7. The number of nitrogens with one attached hydrogen (secondary N) is 1. The molecule has 2 nitrogen and oxygen atoms in total. The second-order valence-electron chi connectivity index (χ2n) is 4.96. The zero-order valence-electron chi connectivity index (χ0n) is 11.5. The van der Waals surface area contributed by atoms with E-state index in [9.17, 15) is 5.11 Å². The van der Waals surface area contributed by atoms with Crippen LogP contribution in [0.15, 0.2) is 54.6 Å². The molecule has 2 heteroatoms. The number of hydrogen-bond donors (Lipinski definition) is 2. The number of benzene rings is 2. The molecule has 0 amide bonds. The average molecular weight is 255 g/mol. The lowest BCUT2D eigenvalue weighted by Gasteiger charge is -2.22. The highest BCUT2D eigenvalue weighted by molar-refractivity contribution is 5.36. The monoisotopic (exact) mass is 255 g/mol. The first kappa shape index (κ1) is 13.8. The van der Waals surface area contributed by atoms with E-state index in [0.29, 0.717) is 6.54 Å². The second kappa shape index (κ2) is 6.50. The standard InChI is InChI=1S/C17H21NO/c1-13-8-6-7-11-16(13)17(18-12-14(2)19)15-9-4-3-5-10-15/h3-11,14,17-19H,12H2,1-2H3. The van der Waals surface area contributed by atoms with Crippen molar-refractivity contribution in [2.24, 2.45) is 0 Å². The topological polar surface area (TPSA) is 32.3 Å². The van der Waals surface area contributed by atoms with Crippen LogP contribution in [-0.2, 0) is 0 Å². The van der Waals surface area contributed by atoms with Gasteiger partial charge in [-0.25, -0.2) is 0 Å². The Morgan fingerprint density at radius 1 is 1.00 bits per heavy atom. The average Bonchev–Trinajstić information content (AvgIpc) is 2.42. The van der Waals surface area contributed by atoms with E-state index in [1.807, 2.05) is 18.2 Å². The van der Waals surface area contributed by atoms with Crippen LogP contribution in [-0.4, -0.2) is 17.8 Å². The smallest absolute Gasteiger partial charge is 0.0636 e. The summed E-state index contributed by atoms with van der Waals surface area (Å²) >= 11 is 0. The van der Waals surface area contributed by atoms with E-state index in [-0.39, 0.29) is 12.1 Å². The van der Waals surface area contributed by atoms with Crippen molar-refractivity contribution in [1.82, 2.24) is 5.32 Å². The lowest BCUT2D eigenvalue weighted by atomic mass is 9.95. The van der Waals surface area contributed by atoms with Crippen molar-refractivity contribution in [1.29, 1.82) is 0 Å². The summed E-state index contributed by atoms with van der Waals surface area (Å²) in [4.78, 5) is 0. The summed E-state index contributed by atoms with van der Waals surface area (Å²) in [6.07, 6.45) is -0.352. The minimum absolute atomic E-state index is 0.122. The van der Waals surface area contributed by atoms with Gasteiger partial charge in [0.2, 0.25) is 0 Å². The third-order valence-corrected chi connectivity index (χ3v) is 3.25. The van der Waals surface area contributed by atoms with Crippen LogP contribution in [0.25, 0.3) is 0 Å². The van der Waals surface area contributed by atoms with E-state index in [1.54, 1.807) is 6.92 Å². The van der Waals surface area contributed by atoms with E-state index < -0.39 is 0 Å². The van der Waals surface area contributed by atoms with Gasteiger partial charge in [0.1, 0.15) is 0 Å². The van der Waals surface area contributed by atoms with E-state index in [4.69, 9.17) is 0 Å². The fourth-order valence-corrected chi connectivity index (χ4v) is 2.25. The Kier molecular flexibility index (Phi) is 4.72. The Morgan fingerprint density at radius 3 is 2.26 bits per heavy atom. The molecule has 0 aliphatic rings. The van der Waals surface area contributed by atoms with Gasteiger partial charge in [-0.15, -0.1) is 0 Å². The molecule has 19 heavy (non-hydrogen) atoms. The van der Waals surface area contributed by atoms with Crippen molar-refractivity contribution in [2.45, 2.75) is 26.0 Å². The van der Waals surface area contributed by atoms with E-state index in [1.165, 1.54) is 16.7 Å². The quantitative estimate of drug-likeness (QED) is 0.860. The lowest BCUT2D eigenvalue weighted by Crippen LogP contribution is -2.29. The van der Waals surface area contributed by atoms with Crippen LogP contribution >= 0.6 is 0 Å². The Hall–Kier alpha value is -1.64. The summed E-state index contributed by atoms with van der Waals surface area (Å²) in [7, 11) is 0. The molecule has 0 aliphatic carbocycles. The van der Waals surface area contributed by atoms with Gasteiger partial charge in [0.15, 0.2) is 0 Å². The van der Waals surface area contributed by atoms with Crippen LogP contribution in [0.5, 0.6) is 0 Å². The predicted molar refractivity (Wildman–Crippen MR) is 79.1 cm³/mol. The second-order valence-corrected chi connectivity index (χ2v) is 4.96. The summed E-state index contributed by atoms with van der Waals surface area (Å²) in [5.41, 5.74) is 3.74. The molecular weight excluding hydrogens is 234 g/mol. The van der Waals surface area contributed by atoms with E-state index >= 15 is 0 Å². The number of hydrogen-bond acceptors (Lipinski definition) is 2. The summed E-state index contributed by atoms with van der Waals surface area (Å²) in [6, 6.07) is 18.8. The van der Waals surface area contributed by atoms with Gasteiger partial charge in [-0.1, -0.05) is 54.6 Å². The molecule has 2 unspecified atom stereocenters. The molecule has 2 aromatic rings. The summed E-state index contributed by atoms with van der Waals surface area (Å²) in [5.74, 6) is 0. The summed E-state index contributed by atoms with van der Waals surface area (Å²) in [6.45, 7) is 4.50. The van der Waals surface area contributed by atoms with Crippen molar-refractivity contribution in [2.75, 3.05) is 6.54 Å². The maximum Gasteiger partial charge on any atom is 0.0636 e. The number of aliphatic hydroxyl groups excluding tert-OH is 1. The highest BCUT2D eigenvalue weighted by Gasteiger charge is 2.15. The maximum atomic E-state index is 9.50. The van der Waals surface area contributed by atoms with Gasteiger partial charge < -0.3 is 10.4 Å². The van der Waals surface area contributed by atoms with Crippen LogP contribution in [0.3, 0.4) is 0 Å². The molecule has 0 saturated heterocycles. The molecule has 2 N–H and O–H groups in total. The molecule has 2 rings (SSSR count). The van der Waals surface area contributed by atoms with Crippen LogP contribution in [0.2, 0.25) is 0 Å². The third kappa shape index (κ3) is 3.66. The highest BCUT2D eigenvalue weighted by Crippen LogP contribution is 2.24. The maximum absolute atomic E-state index is 9.50. The number of rotatable bonds is 5. The van der Waals surface area contributed by atoms with Gasteiger partial charge in [-0.2, -0.15) is 0 Å². The molecule has 0 aromatic heterocycles. The van der Waals surface area contributed by atoms with Gasteiger partial charge in [-0.05, 0) is 30.5 Å². The van der Waals surface area contributed by atoms with Crippen LogP contribution in [0, 0.1) is 6.92 Å².